The lowest BCUT2D eigenvalue weighted by atomic mass is 10.3. The van der Waals surface area contributed by atoms with Crippen molar-refractivity contribution in [3.63, 3.8) is 0 Å². The normalized spacial score (nSPS) is 10.9. The van der Waals surface area contributed by atoms with E-state index in [-0.39, 0.29) is 5.69 Å². The minimum absolute atomic E-state index is 0.0211. The summed E-state index contributed by atoms with van der Waals surface area (Å²) in [5.41, 5.74) is 0.526. The SMILES string of the molecule is CNCc1nc(C(=O)O)c2cc(Cl)ccn12. The summed E-state index contributed by atoms with van der Waals surface area (Å²) in [6, 6.07) is 3.29. The maximum atomic E-state index is 11.0. The number of carboxylic acid groups (broad SMARTS) is 1. The van der Waals surface area contributed by atoms with E-state index in [4.69, 9.17) is 16.7 Å². The molecule has 2 heterocycles. The summed E-state index contributed by atoms with van der Waals surface area (Å²) in [6.45, 7) is 0.496. The molecular weight excluding hydrogens is 230 g/mol. The van der Waals surface area contributed by atoms with Crippen LogP contribution in [0.5, 0.6) is 0 Å². The second kappa shape index (κ2) is 4.11. The molecule has 5 nitrogen and oxygen atoms in total. The van der Waals surface area contributed by atoms with Gasteiger partial charge in [0.2, 0.25) is 0 Å². The number of carboxylic acids is 1. The van der Waals surface area contributed by atoms with Crippen LogP contribution in [0.1, 0.15) is 16.3 Å². The molecule has 0 bridgehead atoms. The number of imidazole rings is 1. The molecule has 0 fully saturated rings. The van der Waals surface area contributed by atoms with Crippen molar-refractivity contribution < 1.29 is 9.90 Å². The second-order valence-corrected chi connectivity index (χ2v) is 3.75. The Balaban J connectivity index is 2.71. The molecule has 2 aromatic heterocycles. The summed E-state index contributed by atoms with van der Waals surface area (Å²) in [4.78, 5) is 15.1. The highest BCUT2D eigenvalue weighted by atomic mass is 35.5. The number of fused-ring (bicyclic) bond motifs is 1. The molecule has 0 amide bonds. The van der Waals surface area contributed by atoms with Crippen LogP contribution < -0.4 is 5.32 Å². The molecule has 0 aliphatic heterocycles. The maximum Gasteiger partial charge on any atom is 0.356 e. The summed E-state index contributed by atoms with van der Waals surface area (Å²) in [6.07, 6.45) is 1.71. The van der Waals surface area contributed by atoms with Gasteiger partial charge in [0.05, 0.1) is 12.1 Å². The van der Waals surface area contributed by atoms with E-state index in [1.807, 2.05) is 0 Å². The average molecular weight is 240 g/mol. The minimum atomic E-state index is -1.05. The van der Waals surface area contributed by atoms with E-state index < -0.39 is 5.97 Å². The van der Waals surface area contributed by atoms with Crippen LogP contribution >= 0.6 is 11.6 Å². The van der Waals surface area contributed by atoms with E-state index in [1.54, 1.807) is 29.8 Å². The van der Waals surface area contributed by atoms with Crippen molar-refractivity contribution in [3.8, 4) is 0 Å². The molecular formula is C10H10ClN3O2. The van der Waals surface area contributed by atoms with Crippen molar-refractivity contribution in [2.45, 2.75) is 6.54 Å². The van der Waals surface area contributed by atoms with Gasteiger partial charge < -0.3 is 14.8 Å². The van der Waals surface area contributed by atoms with Gasteiger partial charge in [-0.15, -0.1) is 0 Å². The largest absolute Gasteiger partial charge is 0.476 e. The maximum absolute atomic E-state index is 11.0. The van der Waals surface area contributed by atoms with Gasteiger partial charge in [-0.05, 0) is 19.2 Å². The third-order valence-electron chi connectivity index (χ3n) is 2.22. The van der Waals surface area contributed by atoms with E-state index in [1.165, 1.54) is 0 Å². The standard InChI is InChI=1S/C10H10ClN3O2/c1-12-5-8-13-9(10(15)16)7-4-6(11)2-3-14(7)8/h2-4,12H,5H2,1H3,(H,15,16). The Bertz CT molecular complexity index is 550. The highest BCUT2D eigenvalue weighted by molar-refractivity contribution is 6.31. The van der Waals surface area contributed by atoms with Gasteiger partial charge >= 0.3 is 5.97 Å². The van der Waals surface area contributed by atoms with Crippen LogP contribution in [0.2, 0.25) is 5.02 Å². The van der Waals surface area contributed by atoms with Crippen LogP contribution in [0.25, 0.3) is 5.52 Å². The van der Waals surface area contributed by atoms with E-state index in [2.05, 4.69) is 10.3 Å². The Hall–Kier alpha value is -1.59. The number of halogens is 1. The predicted molar refractivity (Wildman–Crippen MR) is 59.9 cm³/mol. The Labute approximate surface area is 96.7 Å². The van der Waals surface area contributed by atoms with Crippen molar-refractivity contribution in [3.05, 3.63) is 34.9 Å². The molecule has 0 spiro atoms. The first-order valence-corrected chi connectivity index (χ1v) is 5.05. The molecule has 0 radical (unpaired) electrons. The average Bonchev–Trinajstić information content (AvgIpc) is 2.57. The quantitative estimate of drug-likeness (QED) is 0.850. The number of hydrogen-bond acceptors (Lipinski definition) is 3. The van der Waals surface area contributed by atoms with Crippen LogP contribution in [-0.2, 0) is 6.54 Å². The van der Waals surface area contributed by atoms with Gasteiger partial charge in [-0.2, -0.15) is 0 Å². The Morgan fingerprint density at radius 1 is 1.69 bits per heavy atom. The highest BCUT2D eigenvalue weighted by Gasteiger charge is 2.16. The number of nitrogens with zero attached hydrogens (tertiary/aromatic N) is 2. The molecule has 16 heavy (non-hydrogen) atoms. The molecule has 2 rings (SSSR count). The first-order chi connectivity index (χ1) is 7.63. The number of rotatable bonds is 3. The summed E-state index contributed by atoms with van der Waals surface area (Å²) in [7, 11) is 1.78. The number of aromatic carboxylic acids is 1. The van der Waals surface area contributed by atoms with Crippen LogP contribution in [0, 0.1) is 0 Å². The van der Waals surface area contributed by atoms with Gasteiger partial charge in [0.25, 0.3) is 0 Å². The number of hydrogen-bond donors (Lipinski definition) is 2. The van der Waals surface area contributed by atoms with Crippen LogP contribution in [0.15, 0.2) is 18.3 Å². The topological polar surface area (TPSA) is 66.6 Å². The fourth-order valence-corrected chi connectivity index (χ4v) is 1.72. The second-order valence-electron chi connectivity index (χ2n) is 3.31. The van der Waals surface area contributed by atoms with Crippen LogP contribution in [0.3, 0.4) is 0 Å². The molecule has 0 atom stereocenters. The lowest BCUT2D eigenvalue weighted by molar-refractivity contribution is 0.0693. The number of nitrogens with one attached hydrogen (secondary N) is 1. The van der Waals surface area contributed by atoms with E-state index in [0.29, 0.717) is 22.9 Å². The zero-order chi connectivity index (χ0) is 11.7. The van der Waals surface area contributed by atoms with Crippen molar-refractivity contribution in [1.29, 1.82) is 0 Å². The van der Waals surface area contributed by atoms with Gasteiger partial charge in [-0.25, -0.2) is 9.78 Å². The van der Waals surface area contributed by atoms with Crippen LogP contribution in [0.4, 0.5) is 0 Å². The Morgan fingerprint density at radius 3 is 3.06 bits per heavy atom. The summed E-state index contributed by atoms with van der Waals surface area (Å²) in [5, 5.41) is 12.4. The monoisotopic (exact) mass is 239 g/mol. The van der Waals surface area contributed by atoms with Crippen molar-refractivity contribution in [1.82, 2.24) is 14.7 Å². The smallest absolute Gasteiger partial charge is 0.356 e. The number of pyridine rings is 1. The zero-order valence-electron chi connectivity index (χ0n) is 8.57. The molecule has 6 heteroatoms. The third kappa shape index (κ3) is 1.75. The fraction of sp³-hybridized carbons (Fsp3) is 0.200. The molecule has 0 aliphatic rings. The first-order valence-electron chi connectivity index (χ1n) is 4.68. The molecule has 0 aliphatic carbocycles. The molecule has 0 unspecified atom stereocenters. The molecule has 0 aromatic carbocycles. The zero-order valence-corrected chi connectivity index (χ0v) is 9.32. The predicted octanol–water partition coefficient (Wildman–Crippen LogP) is 1.41. The van der Waals surface area contributed by atoms with E-state index >= 15 is 0 Å². The minimum Gasteiger partial charge on any atom is -0.476 e. The summed E-state index contributed by atoms with van der Waals surface area (Å²) < 4.78 is 1.71. The summed E-state index contributed by atoms with van der Waals surface area (Å²) in [5.74, 6) is -0.409. The van der Waals surface area contributed by atoms with Gasteiger partial charge in [0.1, 0.15) is 5.82 Å². The van der Waals surface area contributed by atoms with Crippen molar-refractivity contribution in [2.75, 3.05) is 7.05 Å². The van der Waals surface area contributed by atoms with Gasteiger partial charge in [-0.3, -0.25) is 0 Å². The van der Waals surface area contributed by atoms with E-state index in [9.17, 15) is 4.79 Å². The van der Waals surface area contributed by atoms with Crippen molar-refractivity contribution in [2.24, 2.45) is 0 Å². The lowest BCUT2D eigenvalue weighted by Crippen LogP contribution is -2.08. The first kappa shape index (κ1) is 10.9. The number of aromatic nitrogens is 2. The molecule has 84 valence electrons. The summed E-state index contributed by atoms with van der Waals surface area (Å²) >= 11 is 5.83. The molecule has 0 saturated heterocycles. The number of carbonyl (C=O) groups is 1. The fourth-order valence-electron chi connectivity index (χ4n) is 1.56. The van der Waals surface area contributed by atoms with Gasteiger partial charge in [0, 0.05) is 11.2 Å². The molecule has 2 aromatic rings. The van der Waals surface area contributed by atoms with Crippen LogP contribution in [-0.4, -0.2) is 27.5 Å². The lowest BCUT2D eigenvalue weighted by Gasteiger charge is -1.99. The molecule has 2 N–H and O–H groups in total. The van der Waals surface area contributed by atoms with Gasteiger partial charge in [0.15, 0.2) is 5.69 Å². The Kier molecular flexibility index (Phi) is 2.80. The van der Waals surface area contributed by atoms with Crippen molar-refractivity contribution >= 4 is 23.1 Å². The van der Waals surface area contributed by atoms with E-state index in [0.717, 1.165) is 0 Å². The molecule has 0 saturated carbocycles. The highest BCUT2D eigenvalue weighted by Crippen LogP contribution is 2.18. The third-order valence-corrected chi connectivity index (χ3v) is 2.45. The Morgan fingerprint density at radius 2 is 2.44 bits per heavy atom. The van der Waals surface area contributed by atoms with Gasteiger partial charge in [-0.1, -0.05) is 11.6 Å².